The van der Waals surface area contributed by atoms with Gasteiger partial charge in [-0.25, -0.2) is 8.42 Å². The highest BCUT2D eigenvalue weighted by Gasteiger charge is 2.24. The summed E-state index contributed by atoms with van der Waals surface area (Å²) in [5.41, 5.74) is -0.661. The number of carboxylic acid groups (broad SMARTS) is 1. The van der Waals surface area contributed by atoms with Crippen molar-refractivity contribution < 1.29 is 28.0 Å². The first-order valence-electron chi connectivity index (χ1n) is 5.80. The Labute approximate surface area is 125 Å². The van der Waals surface area contributed by atoms with E-state index in [2.05, 4.69) is 0 Å². The third-order valence-corrected chi connectivity index (χ3v) is 4.10. The normalized spacial score (nSPS) is 11.0. The number of anilines is 1. The lowest BCUT2D eigenvalue weighted by Crippen LogP contribution is -2.29. The molecular weight excluding hydrogens is 318 g/mol. The van der Waals surface area contributed by atoms with Crippen LogP contribution in [0.25, 0.3) is 0 Å². The third-order valence-electron chi connectivity index (χ3n) is 2.70. The fraction of sp³-hybridized carbons (Fsp3) is 0.273. The molecule has 0 saturated carbocycles. The van der Waals surface area contributed by atoms with Gasteiger partial charge < -0.3 is 10.0 Å². The van der Waals surface area contributed by atoms with E-state index in [9.17, 15) is 28.1 Å². The van der Waals surface area contributed by atoms with E-state index in [1.807, 2.05) is 0 Å². The predicted octanol–water partition coefficient (Wildman–Crippen LogP) is -0.0596. The molecule has 10 nitrogen and oxygen atoms in total. The molecule has 11 heteroatoms. The first-order valence-corrected chi connectivity index (χ1v) is 7.28. The van der Waals surface area contributed by atoms with Crippen molar-refractivity contribution in [2.75, 3.05) is 18.5 Å². The summed E-state index contributed by atoms with van der Waals surface area (Å²) in [5.74, 6) is -1.87. The summed E-state index contributed by atoms with van der Waals surface area (Å²) >= 11 is 0. The van der Waals surface area contributed by atoms with Crippen molar-refractivity contribution in [2.45, 2.75) is 11.8 Å². The minimum Gasteiger partial charge on any atom is -0.480 e. The van der Waals surface area contributed by atoms with Gasteiger partial charge >= 0.3 is 5.97 Å². The molecule has 2 N–H and O–H groups in total. The minimum atomic E-state index is -4.21. The molecule has 0 radical (unpaired) electrons. The van der Waals surface area contributed by atoms with Crippen LogP contribution in [0.4, 0.5) is 11.4 Å². The number of hydrogen-bond acceptors (Lipinski definition) is 6. The van der Waals surface area contributed by atoms with Crippen LogP contribution < -0.4 is 9.62 Å². The van der Waals surface area contributed by atoms with E-state index >= 15 is 0 Å². The maximum absolute atomic E-state index is 11.8. The summed E-state index contributed by atoms with van der Waals surface area (Å²) in [6.07, 6.45) is 0. The zero-order chi connectivity index (χ0) is 17.1. The molecule has 0 unspecified atom stereocenters. The number of carbonyl (C=O) groups is 2. The van der Waals surface area contributed by atoms with Crippen LogP contribution in [0.1, 0.15) is 6.92 Å². The van der Waals surface area contributed by atoms with Crippen LogP contribution in [-0.4, -0.2) is 43.9 Å². The molecule has 0 aliphatic heterocycles. The maximum atomic E-state index is 11.8. The minimum absolute atomic E-state index is 0.0744. The zero-order valence-corrected chi connectivity index (χ0v) is 12.5. The first-order chi connectivity index (χ1) is 10.1. The number of aliphatic carboxylic acids is 1. The molecule has 0 aliphatic carbocycles. The average Bonchev–Trinajstić information content (AvgIpc) is 2.43. The predicted molar refractivity (Wildman–Crippen MR) is 75.0 cm³/mol. The number of benzene rings is 1. The largest absolute Gasteiger partial charge is 0.480 e. The van der Waals surface area contributed by atoms with Crippen molar-refractivity contribution in [2.24, 2.45) is 0 Å². The van der Waals surface area contributed by atoms with E-state index in [-0.39, 0.29) is 5.69 Å². The molecule has 0 fully saturated rings. The Morgan fingerprint density at radius 1 is 1.41 bits per heavy atom. The van der Waals surface area contributed by atoms with E-state index in [0.29, 0.717) is 0 Å². The van der Waals surface area contributed by atoms with Crippen LogP contribution in [0.2, 0.25) is 0 Å². The Bertz CT molecular complexity index is 729. The molecule has 0 atom stereocenters. The number of carbonyl (C=O) groups excluding carboxylic acids is 1. The summed E-state index contributed by atoms with van der Waals surface area (Å²) in [5, 5.41) is 19.5. The number of nitro benzene ring substituents is 1. The van der Waals surface area contributed by atoms with Crippen LogP contribution in [0.5, 0.6) is 0 Å². The van der Waals surface area contributed by atoms with E-state index in [4.69, 9.17) is 5.11 Å². The number of sulfonamides is 1. The molecule has 0 aliphatic rings. The van der Waals surface area contributed by atoms with E-state index in [1.165, 1.54) is 14.0 Å². The van der Waals surface area contributed by atoms with Gasteiger partial charge in [-0.2, -0.15) is 4.72 Å². The summed E-state index contributed by atoms with van der Waals surface area (Å²) < 4.78 is 25.5. The van der Waals surface area contributed by atoms with Crippen molar-refractivity contribution in [3.63, 3.8) is 0 Å². The monoisotopic (exact) mass is 331 g/mol. The molecule has 0 saturated heterocycles. The highest BCUT2D eigenvalue weighted by molar-refractivity contribution is 7.89. The molecule has 22 heavy (non-hydrogen) atoms. The highest BCUT2D eigenvalue weighted by Crippen LogP contribution is 2.30. The highest BCUT2D eigenvalue weighted by atomic mass is 32.2. The van der Waals surface area contributed by atoms with Gasteiger partial charge in [0.25, 0.3) is 5.69 Å². The number of carboxylic acids is 1. The van der Waals surface area contributed by atoms with E-state index in [1.54, 1.807) is 4.72 Å². The number of hydrogen-bond donors (Lipinski definition) is 2. The zero-order valence-electron chi connectivity index (χ0n) is 11.6. The molecule has 0 bridgehead atoms. The average molecular weight is 331 g/mol. The SMILES string of the molecule is CC(=O)N(C)c1ccc(S(=O)(=O)NCC(=O)O)cc1[N+](=O)[O-]. The van der Waals surface area contributed by atoms with Crippen LogP contribution in [-0.2, 0) is 19.6 Å². The smallest absolute Gasteiger partial charge is 0.318 e. The molecule has 1 aromatic carbocycles. The number of nitrogens with zero attached hydrogens (tertiary/aromatic N) is 2. The Morgan fingerprint density at radius 3 is 2.45 bits per heavy atom. The molecule has 1 aromatic rings. The van der Waals surface area contributed by atoms with E-state index < -0.39 is 44.0 Å². The summed E-state index contributed by atoms with van der Waals surface area (Å²) in [6, 6.07) is 2.92. The Kier molecular flexibility index (Phi) is 5.17. The standard InChI is InChI=1S/C11H13N3O7S/c1-7(15)13(2)9-4-3-8(5-10(9)14(18)19)22(20,21)12-6-11(16)17/h3-5,12H,6H2,1-2H3,(H,16,17). The topological polar surface area (TPSA) is 147 Å². The third kappa shape index (κ3) is 3.99. The maximum Gasteiger partial charge on any atom is 0.318 e. The number of nitro groups is 1. The van der Waals surface area contributed by atoms with Crippen molar-refractivity contribution in [3.05, 3.63) is 28.3 Å². The molecule has 120 valence electrons. The quantitative estimate of drug-likeness (QED) is 0.548. The van der Waals surface area contributed by atoms with Gasteiger partial charge in [0.05, 0.1) is 9.82 Å². The lowest BCUT2D eigenvalue weighted by Gasteiger charge is -2.15. The summed E-state index contributed by atoms with van der Waals surface area (Å²) in [6.45, 7) is 0.341. The fourth-order valence-corrected chi connectivity index (χ4v) is 2.50. The second-order valence-electron chi connectivity index (χ2n) is 4.20. The van der Waals surface area contributed by atoms with Crippen LogP contribution >= 0.6 is 0 Å². The number of nitrogens with one attached hydrogen (secondary N) is 1. The van der Waals surface area contributed by atoms with Gasteiger partial charge in [-0.05, 0) is 12.1 Å². The van der Waals surface area contributed by atoms with Gasteiger partial charge in [-0.3, -0.25) is 19.7 Å². The Hall–Kier alpha value is -2.53. The Balaban J connectivity index is 3.32. The van der Waals surface area contributed by atoms with Crippen LogP contribution in [0.3, 0.4) is 0 Å². The van der Waals surface area contributed by atoms with Crippen molar-refractivity contribution in [1.29, 1.82) is 0 Å². The molecule has 0 spiro atoms. The van der Waals surface area contributed by atoms with Crippen molar-refractivity contribution in [1.82, 2.24) is 4.72 Å². The lowest BCUT2D eigenvalue weighted by molar-refractivity contribution is -0.384. The van der Waals surface area contributed by atoms with Gasteiger partial charge in [-0.15, -0.1) is 0 Å². The molecule has 1 rings (SSSR count). The fourth-order valence-electron chi connectivity index (χ4n) is 1.51. The summed E-state index contributed by atoms with van der Waals surface area (Å²) in [7, 11) is -2.91. The molecule has 0 heterocycles. The van der Waals surface area contributed by atoms with Crippen LogP contribution in [0.15, 0.2) is 23.1 Å². The first kappa shape index (κ1) is 17.5. The van der Waals surface area contributed by atoms with Gasteiger partial charge in [0.15, 0.2) is 0 Å². The lowest BCUT2D eigenvalue weighted by atomic mass is 10.2. The second-order valence-corrected chi connectivity index (χ2v) is 5.97. The molecule has 0 aromatic heterocycles. The van der Waals surface area contributed by atoms with Gasteiger partial charge in [-0.1, -0.05) is 0 Å². The van der Waals surface area contributed by atoms with Crippen molar-refractivity contribution in [3.8, 4) is 0 Å². The second kappa shape index (κ2) is 6.49. The van der Waals surface area contributed by atoms with Gasteiger partial charge in [0.2, 0.25) is 15.9 Å². The number of amides is 1. The Morgan fingerprint density at radius 2 is 2.00 bits per heavy atom. The number of rotatable bonds is 6. The molecular formula is C11H13N3O7S. The summed E-state index contributed by atoms with van der Waals surface area (Å²) in [4.78, 5) is 32.4. The molecule has 1 amide bonds. The van der Waals surface area contributed by atoms with Crippen molar-refractivity contribution >= 4 is 33.3 Å². The van der Waals surface area contributed by atoms with Gasteiger partial charge in [0, 0.05) is 20.0 Å². The van der Waals surface area contributed by atoms with E-state index in [0.717, 1.165) is 23.1 Å². The van der Waals surface area contributed by atoms with Crippen LogP contribution in [0, 0.1) is 10.1 Å². The van der Waals surface area contributed by atoms with Gasteiger partial charge in [0.1, 0.15) is 12.2 Å².